The van der Waals surface area contributed by atoms with Crippen LogP contribution in [-0.4, -0.2) is 29.4 Å². The first-order valence-electron chi connectivity index (χ1n) is 6.79. The SMILES string of the molecule is [N-]=[N+]=NCCCc1cccc(C(=O)ON2C(=O)CCC2=O)c1. The Hall–Kier alpha value is -2.86. The molecule has 0 unspecified atom stereocenters. The molecule has 8 nitrogen and oxygen atoms in total. The molecule has 0 N–H and O–H groups in total. The van der Waals surface area contributed by atoms with Crippen LogP contribution < -0.4 is 0 Å². The summed E-state index contributed by atoms with van der Waals surface area (Å²) in [5, 5.41) is 3.96. The van der Waals surface area contributed by atoms with Gasteiger partial charge in [-0.3, -0.25) is 9.59 Å². The maximum Gasteiger partial charge on any atom is 0.363 e. The highest BCUT2D eigenvalue weighted by Gasteiger charge is 2.33. The second-order valence-electron chi connectivity index (χ2n) is 4.72. The van der Waals surface area contributed by atoms with Gasteiger partial charge in [0.25, 0.3) is 11.8 Å². The van der Waals surface area contributed by atoms with Crippen molar-refractivity contribution in [1.82, 2.24) is 5.06 Å². The molecule has 0 radical (unpaired) electrons. The van der Waals surface area contributed by atoms with Crippen molar-refractivity contribution in [2.45, 2.75) is 25.7 Å². The van der Waals surface area contributed by atoms with Gasteiger partial charge in [0, 0.05) is 24.3 Å². The van der Waals surface area contributed by atoms with Crippen LogP contribution in [0.3, 0.4) is 0 Å². The molecule has 8 heteroatoms. The first kappa shape index (κ1) is 15.5. The molecule has 1 aromatic rings. The Morgan fingerprint density at radius 2 is 2.05 bits per heavy atom. The minimum absolute atomic E-state index is 0.0611. The Bertz CT molecular complexity index is 636. The largest absolute Gasteiger partial charge is 0.363 e. The lowest BCUT2D eigenvalue weighted by Gasteiger charge is -2.12. The number of aryl methyl sites for hydroxylation is 1. The van der Waals surface area contributed by atoms with Crippen LogP contribution in [0.2, 0.25) is 0 Å². The van der Waals surface area contributed by atoms with E-state index in [9.17, 15) is 14.4 Å². The number of imide groups is 1. The van der Waals surface area contributed by atoms with Gasteiger partial charge in [0.1, 0.15) is 0 Å². The summed E-state index contributed by atoms with van der Waals surface area (Å²) in [6, 6.07) is 6.69. The summed E-state index contributed by atoms with van der Waals surface area (Å²) >= 11 is 0. The third-order valence-electron chi connectivity index (χ3n) is 3.13. The Morgan fingerprint density at radius 3 is 2.73 bits per heavy atom. The predicted octanol–water partition coefficient (Wildman–Crippen LogP) is 2.15. The minimum Gasteiger partial charge on any atom is -0.325 e. The van der Waals surface area contributed by atoms with Crippen LogP contribution in [0.5, 0.6) is 0 Å². The second-order valence-corrected chi connectivity index (χ2v) is 4.72. The Balaban J connectivity index is 1.99. The quantitative estimate of drug-likeness (QED) is 0.263. The predicted molar refractivity (Wildman–Crippen MR) is 75.3 cm³/mol. The molecule has 0 saturated carbocycles. The Labute approximate surface area is 126 Å². The molecule has 1 aliphatic heterocycles. The first-order chi connectivity index (χ1) is 10.6. The van der Waals surface area contributed by atoms with Crippen LogP contribution in [0, 0.1) is 0 Å². The molecule has 0 atom stereocenters. The molecule has 1 aliphatic rings. The molecule has 1 saturated heterocycles. The van der Waals surface area contributed by atoms with Gasteiger partial charge in [0.2, 0.25) is 0 Å². The van der Waals surface area contributed by atoms with Crippen LogP contribution in [-0.2, 0) is 20.8 Å². The number of hydrogen-bond acceptors (Lipinski definition) is 5. The summed E-state index contributed by atoms with van der Waals surface area (Å²) in [6.45, 7) is 0.377. The van der Waals surface area contributed by atoms with E-state index in [2.05, 4.69) is 10.0 Å². The zero-order valence-corrected chi connectivity index (χ0v) is 11.8. The van der Waals surface area contributed by atoms with E-state index >= 15 is 0 Å². The van der Waals surface area contributed by atoms with Gasteiger partial charge >= 0.3 is 5.97 Å². The van der Waals surface area contributed by atoms with E-state index in [0.29, 0.717) is 24.4 Å². The van der Waals surface area contributed by atoms with Gasteiger partial charge in [0.05, 0.1) is 5.56 Å². The maximum absolute atomic E-state index is 12.0. The highest BCUT2D eigenvalue weighted by Crippen LogP contribution is 2.15. The number of benzene rings is 1. The van der Waals surface area contributed by atoms with E-state index < -0.39 is 17.8 Å². The topological polar surface area (TPSA) is 112 Å². The van der Waals surface area contributed by atoms with E-state index in [1.165, 1.54) is 0 Å². The molecule has 1 fully saturated rings. The number of azide groups is 1. The normalized spacial score (nSPS) is 13.9. The van der Waals surface area contributed by atoms with Crippen LogP contribution in [0.25, 0.3) is 10.4 Å². The summed E-state index contributed by atoms with van der Waals surface area (Å²) in [7, 11) is 0. The van der Waals surface area contributed by atoms with Crippen LogP contribution in [0.4, 0.5) is 0 Å². The fourth-order valence-corrected chi connectivity index (χ4v) is 2.05. The number of carbonyl (C=O) groups excluding carboxylic acids is 3. The lowest BCUT2D eigenvalue weighted by molar-refractivity contribution is -0.172. The van der Waals surface area contributed by atoms with Gasteiger partial charge in [-0.1, -0.05) is 17.2 Å². The van der Waals surface area contributed by atoms with E-state index in [4.69, 9.17) is 10.4 Å². The summed E-state index contributed by atoms with van der Waals surface area (Å²) in [5.41, 5.74) is 9.33. The van der Waals surface area contributed by atoms with Gasteiger partial charge in [-0.15, -0.1) is 5.06 Å². The number of nitrogens with zero attached hydrogens (tertiary/aromatic N) is 4. The minimum atomic E-state index is -0.750. The molecule has 0 bridgehead atoms. The number of rotatable bonds is 6. The Morgan fingerprint density at radius 1 is 1.32 bits per heavy atom. The highest BCUT2D eigenvalue weighted by molar-refractivity contribution is 6.02. The van der Waals surface area contributed by atoms with E-state index in [-0.39, 0.29) is 18.4 Å². The number of hydrogen-bond donors (Lipinski definition) is 0. The molecular formula is C14H14N4O4. The zero-order valence-electron chi connectivity index (χ0n) is 11.8. The number of amides is 2. The van der Waals surface area contributed by atoms with E-state index in [1.54, 1.807) is 18.2 Å². The standard InChI is InChI=1S/C14H14N4O4/c15-17-16-8-2-4-10-3-1-5-11(9-10)14(21)22-18-12(19)6-7-13(18)20/h1,3,5,9H,2,4,6-8H2. The van der Waals surface area contributed by atoms with Gasteiger partial charge in [-0.25, -0.2) is 4.79 Å². The lowest BCUT2D eigenvalue weighted by Crippen LogP contribution is -2.32. The third kappa shape index (κ3) is 3.83. The fourth-order valence-electron chi connectivity index (χ4n) is 2.05. The highest BCUT2D eigenvalue weighted by atomic mass is 16.7. The van der Waals surface area contributed by atoms with Crippen LogP contribution in [0.1, 0.15) is 35.2 Å². The average Bonchev–Trinajstić information content (AvgIpc) is 2.84. The van der Waals surface area contributed by atoms with E-state index in [1.807, 2.05) is 6.07 Å². The smallest absolute Gasteiger partial charge is 0.325 e. The second kappa shape index (κ2) is 7.24. The van der Waals surface area contributed by atoms with Gasteiger partial charge < -0.3 is 4.84 Å². The monoisotopic (exact) mass is 302 g/mol. The van der Waals surface area contributed by atoms with Crippen molar-refractivity contribution in [2.24, 2.45) is 5.11 Å². The zero-order chi connectivity index (χ0) is 15.9. The third-order valence-corrected chi connectivity index (χ3v) is 3.13. The molecule has 0 aromatic heterocycles. The molecule has 114 valence electrons. The van der Waals surface area contributed by atoms with Crippen LogP contribution in [0.15, 0.2) is 29.4 Å². The first-order valence-corrected chi connectivity index (χ1v) is 6.79. The summed E-state index contributed by atoms with van der Waals surface area (Å²) in [6.07, 6.45) is 1.42. The molecule has 22 heavy (non-hydrogen) atoms. The summed E-state index contributed by atoms with van der Waals surface area (Å²) in [4.78, 5) is 42.3. The van der Waals surface area contributed by atoms with Crippen molar-refractivity contribution in [3.8, 4) is 0 Å². The number of carbonyl (C=O) groups is 3. The molecule has 2 amide bonds. The van der Waals surface area contributed by atoms with Gasteiger partial charge in [-0.05, 0) is 36.1 Å². The van der Waals surface area contributed by atoms with Crippen molar-refractivity contribution in [3.05, 3.63) is 45.8 Å². The van der Waals surface area contributed by atoms with Gasteiger partial charge in [-0.2, -0.15) is 0 Å². The molecule has 1 aromatic carbocycles. The molecule has 0 spiro atoms. The number of hydroxylamine groups is 2. The summed E-state index contributed by atoms with van der Waals surface area (Å²) in [5.74, 6) is -1.77. The Kier molecular flexibility index (Phi) is 5.11. The maximum atomic E-state index is 12.0. The average molecular weight is 302 g/mol. The fraction of sp³-hybridized carbons (Fsp3) is 0.357. The summed E-state index contributed by atoms with van der Waals surface area (Å²) < 4.78 is 0. The van der Waals surface area contributed by atoms with Crippen molar-refractivity contribution >= 4 is 17.8 Å². The molecule has 2 rings (SSSR count). The van der Waals surface area contributed by atoms with Crippen molar-refractivity contribution in [2.75, 3.05) is 6.54 Å². The van der Waals surface area contributed by atoms with Crippen LogP contribution >= 0.6 is 0 Å². The molecule has 1 heterocycles. The van der Waals surface area contributed by atoms with Gasteiger partial charge in [0.15, 0.2) is 0 Å². The lowest BCUT2D eigenvalue weighted by atomic mass is 10.1. The molecular weight excluding hydrogens is 288 g/mol. The van der Waals surface area contributed by atoms with Crippen molar-refractivity contribution in [3.63, 3.8) is 0 Å². The molecule has 0 aliphatic carbocycles. The van der Waals surface area contributed by atoms with Crippen molar-refractivity contribution in [1.29, 1.82) is 0 Å². The van der Waals surface area contributed by atoms with E-state index in [0.717, 1.165) is 5.56 Å². The van der Waals surface area contributed by atoms with Crippen molar-refractivity contribution < 1.29 is 19.2 Å².